The lowest BCUT2D eigenvalue weighted by molar-refractivity contribution is -0.406. The van der Waals surface area contributed by atoms with Crippen LogP contribution in [0.5, 0.6) is 0 Å². The molecule has 0 aromatic heterocycles. The first-order valence-electron chi connectivity index (χ1n) is 10.9. The van der Waals surface area contributed by atoms with Gasteiger partial charge < -0.3 is 9.47 Å². The van der Waals surface area contributed by atoms with Gasteiger partial charge in [-0.3, -0.25) is 4.79 Å². The largest absolute Gasteiger partial charge is 0.459 e. The maximum absolute atomic E-state index is 14.0. The Kier molecular flexibility index (Phi) is 7.13. The van der Waals surface area contributed by atoms with E-state index in [-0.39, 0.29) is 17.3 Å². The fraction of sp³-hybridized carbons (Fsp3) is 0.520. The molecule has 2 aliphatic rings. The van der Waals surface area contributed by atoms with E-state index in [1.807, 2.05) is 20.8 Å². The molecule has 1 aliphatic heterocycles. The van der Waals surface area contributed by atoms with Gasteiger partial charge in [-0.2, -0.15) is 13.2 Å². The number of fused-ring (bicyclic) bond motifs is 1. The molecule has 34 heavy (non-hydrogen) atoms. The molecule has 0 N–H and O–H groups in total. The number of hydrogen-bond donors (Lipinski definition) is 0. The van der Waals surface area contributed by atoms with Gasteiger partial charge in [0.2, 0.25) is 0 Å². The zero-order valence-corrected chi connectivity index (χ0v) is 19.8. The average molecular weight is 482 g/mol. The van der Waals surface area contributed by atoms with Crippen molar-refractivity contribution in [3.8, 4) is 0 Å². The van der Waals surface area contributed by atoms with Crippen LogP contribution in [0, 0.1) is 11.3 Å². The van der Waals surface area contributed by atoms with Crippen LogP contribution in [0.1, 0.15) is 39.7 Å². The quantitative estimate of drug-likeness (QED) is 0.328. The molecule has 0 saturated carbocycles. The first-order chi connectivity index (χ1) is 15.8. The molecule has 3 rings (SSSR count). The van der Waals surface area contributed by atoms with Crippen molar-refractivity contribution in [1.82, 2.24) is 0 Å². The van der Waals surface area contributed by atoms with Crippen LogP contribution >= 0.6 is 0 Å². The molecule has 1 fully saturated rings. The lowest BCUT2D eigenvalue weighted by atomic mass is 9.62. The van der Waals surface area contributed by atoms with Gasteiger partial charge in [-0.15, -0.1) is 0 Å². The van der Waals surface area contributed by atoms with Crippen molar-refractivity contribution < 1.29 is 42.0 Å². The molecule has 0 radical (unpaired) electrons. The Bertz CT molecular complexity index is 984. The standard InChI is InChI=1S/C25H29F3O6/c1-16(18-15-19-22(2,3)20(29)11-13-23(19,4)34-33-18)12-14-32-21(30)24(31-5,25(26,27)28)17-9-7-6-8-10-17/h6-13,18-19H,14-15H2,1-5H3. The van der Waals surface area contributed by atoms with E-state index in [1.54, 1.807) is 13.0 Å². The van der Waals surface area contributed by atoms with Gasteiger partial charge in [-0.25, -0.2) is 14.6 Å². The van der Waals surface area contributed by atoms with Gasteiger partial charge in [-0.1, -0.05) is 44.2 Å². The number of allylic oxidation sites excluding steroid dienone is 1. The summed E-state index contributed by atoms with van der Waals surface area (Å²) in [5, 5.41) is 0. The Morgan fingerprint density at radius 1 is 1.21 bits per heavy atom. The van der Waals surface area contributed by atoms with E-state index < -0.39 is 41.5 Å². The van der Waals surface area contributed by atoms with Crippen molar-refractivity contribution in [3.05, 3.63) is 59.7 Å². The number of halogens is 3. The van der Waals surface area contributed by atoms with Crippen LogP contribution in [0.25, 0.3) is 0 Å². The molecule has 1 aliphatic carbocycles. The molecule has 1 aromatic rings. The zero-order valence-electron chi connectivity index (χ0n) is 19.8. The van der Waals surface area contributed by atoms with Crippen LogP contribution in [-0.2, 0) is 34.4 Å². The summed E-state index contributed by atoms with van der Waals surface area (Å²) in [4.78, 5) is 36.2. The van der Waals surface area contributed by atoms with E-state index in [4.69, 9.17) is 19.2 Å². The number of rotatable bonds is 6. The second-order valence-electron chi connectivity index (χ2n) is 9.36. The van der Waals surface area contributed by atoms with E-state index in [0.717, 1.165) is 19.2 Å². The molecular formula is C25H29F3O6. The third-order valence-electron chi connectivity index (χ3n) is 6.86. The summed E-state index contributed by atoms with van der Waals surface area (Å²) in [6.07, 6.45) is -0.505. The molecule has 0 spiro atoms. The van der Waals surface area contributed by atoms with Crippen LogP contribution in [0.4, 0.5) is 13.2 Å². The molecule has 1 aromatic carbocycles. The second-order valence-corrected chi connectivity index (χ2v) is 9.36. The fourth-order valence-electron chi connectivity index (χ4n) is 4.62. The summed E-state index contributed by atoms with van der Waals surface area (Å²) in [7, 11) is 0.814. The maximum Gasteiger partial charge on any atom is 0.432 e. The van der Waals surface area contributed by atoms with Crippen LogP contribution in [0.3, 0.4) is 0 Å². The number of alkyl halides is 3. The Morgan fingerprint density at radius 2 is 1.85 bits per heavy atom. The highest BCUT2D eigenvalue weighted by atomic mass is 19.4. The molecule has 4 unspecified atom stereocenters. The first-order valence-corrected chi connectivity index (χ1v) is 10.9. The van der Waals surface area contributed by atoms with Crippen LogP contribution < -0.4 is 0 Å². The highest BCUT2D eigenvalue weighted by Gasteiger charge is 2.64. The van der Waals surface area contributed by atoms with Crippen molar-refractivity contribution in [2.45, 2.75) is 57.6 Å². The Morgan fingerprint density at radius 3 is 2.44 bits per heavy atom. The number of carbonyl (C=O) groups excluding carboxylic acids is 2. The number of carbonyl (C=O) groups is 2. The lowest BCUT2D eigenvalue weighted by Crippen LogP contribution is -2.55. The second kappa shape index (κ2) is 9.28. The van der Waals surface area contributed by atoms with Gasteiger partial charge in [0, 0.05) is 24.0 Å². The molecule has 1 heterocycles. The molecule has 1 saturated heterocycles. The number of ketones is 1. The van der Waals surface area contributed by atoms with Gasteiger partial charge in [-0.05, 0) is 44.1 Å². The number of benzene rings is 1. The summed E-state index contributed by atoms with van der Waals surface area (Å²) in [5.41, 5.74) is -4.49. The van der Waals surface area contributed by atoms with E-state index >= 15 is 0 Å². The summed E-state index contributed by atoms with van der Waals surface area (Å²) < 4.78 is 51.7. The van der Waals surface area contributed by atoms with Crippen molar-refractivity contribution >= 4 is 11.8 Å². The van der Waals surface area contributed by atoms with Crippen molar-refractivity contribution in [1.29, 1.82) is 0 Å². The van der Waals surface area contributed by atoms with Crippen molar-refractivity contribution in [3.63, 3.8) is 0 Å². The SMILES string of the molecule is COC(C(=O)OCC=C(C)C1CC2C(C)(C=CC(=O)C2(C)C)OO1)(c1ccccc1)C(F)(F)F. The number of ether oxygens (including phenoxy) is 2. The first kappa shape index (κ1) is 26.1. The lowest BCUT2D eigenvalue weighted by Gasteiger charge is -2.49. The summed E-state index contributed by atoms with van der Waals surface area (Å²) in [5.74, 6) is -1.78. The van der Waals surface area contributed by atoms with E-state index in [1.165, 1.54) is 30.4 Å². The summed E-state index contributed by atoms with van der Waals surface area (Å²) >= 11 is 0. The van der Waals surface area contributed by atoms with Gasteiger partial charge in [0.15, 0.2) is 5.78 Å². The highest BCUT2D eigenvalue weighted by molar-refractivity contribution is 5.96. The van der Waals surface area contributed by atoms with Crippen molar-refractivity contribution in [2.24, 2.45) is 11.3 Å². The van der Waals surface area contributed by atoms with Crippen LogP contribution in [0.15, 0.2) is 54.1 Å². The minimum absolute atomic E-state index is 0.0150. The maximum atomic E-state index is 14.0. The number of esters is 1. The predicted molar refractivity (Wildman–Crippen MR) is 116 cm³/mol. The monoisotopic (exact) mass is 482 g/mol. The molecule has 186 valence electrons. The van der Waals surface area contributed by atoms with Gasteiger partial charge in [0.05, 0.1) is 0 Å². The Labute approximate surface area is 196 Å². The number of hydrogen-bond acceptors (Lipinski definition) is 6. The van der Waals surface area contributed by atoms with Gasteiger partial charge >= 0.3 is 12.1 Å². The normalized spacial score (nSPS) is 28.7. The predicted octanol–water partition coefficient (Wildman–Crippen LogP) is 4.84. The zero-order chi connectivity index (χ0) is 25.4. The Balaban J connectivity index is 1.74. The van der Waals surface area contributed by atoms with E-state index in [2.05, 4.69) is 0 Å². The number of methoxy groups -OCH3 is 1. The molecular weight excluding hydrogens is 453 g/mol. The smallest absolute Gasteiger partial charge is 0.432 e. The fourth-order valence-corrected chi connectivity index (χ4v) is 4.62. The van der Waals surface area contributed by atoms with E-state index in [9.17, 15) is 22.8 Å². The molecule has 6 nitrogen and oxygen atoms in total. The van der Waals surface area contributed by atoms with Gasteiger partial charge in [0.1, 0.15) is 18.3 Å². The third-order valence-corrected chi connectivity index (χ3v) is 6.86. The van der Waals surface area contributed by atoms with Crippen LogP contribution in [-0.4, -0.2) is 43.4 Å². The van der Waals surface area contributed by atoms with Crippen LogP contribution in [0.2, 0.25) is 0 Å². The van der Waals surface area contributed by atoms with Gasteiger partial charge in [0.25, 0.3) is 5.60 Å². The minimum Gasteiger partial charge on any atom is -0.459 e. The highest BCUT2D eigenvalue weighted by Crippen LogP contribution is 2.49. The minimum atomic E-state index is -5.05. The Hall–Kier alpha value is -2.49. The molecule has 0 amide bonds. The third kappa shape index (κ3) is 4.44. The summed E-state index contributed by atoms with van der Waals surface area (Å²) in [6.45, 7) is 6.80. The molecule has 0 bridgehead atoms. The topological polar surface area (TPSA) is 71.1 Å². The molecule has 9 heteroatoms. The summed E-state index contributed by atoms with van der Waals surface area (Å²) in [6, 6.07) is 6.61. The average Bonchev–Trinajstić information content (AvgIpc) is 2.77. The molecule has 4 atom stereocenters. The van der Waals surface area contributed by atoms with Crippen molar-refractivity contribution in [2.75, 3.05) is 13.7 Å². The van der Waals surface area contributed by atoms with E-state index in [0.29, 0.717) is 12.0 Å².